The first-order valence-electron chi connectivity index (χ1n) is 13.9. The van der Waals surface area contributed by atoms with Crippen molar-refractivity contribution in [1.29, 1.82) is 0 Å². The van der Waals surface area contributed by atoms with Crippen LogP contribution in [0.5, 0.6) is 0 Å². The van der Waals surface area contributed by atoms with E-state index in [0.29, 0.717) is 29.1 Å². The van der Waals surface area contributed by atoms with Crippen LogP contribution < -0.4 is 10.5 Å². The maximum absolute atomic E-state index is 13.3. The number of aryl methyl sites for hydroxylation is 1. The Bertz CT molecular complexity index is 1970. The monoisotopic (exact) mass is 616 g/mol. The van der Waals surface area contributed by atoms with E-state index in [1.165, 1.54) is 48.0 Å². The zero-order chi connectivity index (χ0) is 30.6. The summed E-state index contributed by atoms with van der Waals surface area (Å²) < 4.78 is 62.7. The van der Waals surface area contributed by atoms with Gasteiger partial charge in [-0.2, -0.15) is 8.42 Å². The zero-order valence-corrected chi connectivity index (χ0v) is 25.1. The van der Waals surface area contributed by atoms with Gasteiger partial charge in [-0.05, 0) is 78.8 Å². The summed E-state index contributed by atoms with van der Waals surface area (Å²) in [6.07, 6.45) is 3.65. The molecule has 1 aromatic heterocycles. The summed E-state index contributed by atoms with van der Waals surface area (Å²) in [7, 11) is -8.64. The number of para-hydroxylation sites is 1. The van der Waals surface area contributed by atoms with Crippen LogP contribution in [0, 0.1) is 0 Å². The number of nitrogens with one attached hydrogen (secondary N) is 1. The van der Waals surface area contributed by atoms with E-state index in [9.17, 15) is 21.4 Å². The molecule has 0 radical (unpaired) electrons. The van der Waals surface area contributed by atoms with Gasteiger partial charge in [-0.15, -0.1) is 0 Å². The van der Waals surface area contributed by atoms with Crippen LogP contribution in [0.15, 0.2) is 107 Å². The van der Waals surface area contributed by atoms with Crippen molar-refractivity contribution in [2.24, 2.45) is 0 Å². The van der Waals surface area contributed by atoms with Crippen LogP contribution in [0.2, 0.25) is 0 Å². The average Bonchev–Trinajstić information content (AvgIpc) is 2.99. The summed E-state index contributed by atoms with van der Waals surface area (Å²) in [5.41, 5.74) is 9.80. The lowest BCUT2D eigenvalue weighted by Gasteiger charge is -2.18. The topological polar surface area (TPSA) is 152 Å². The number of hydrogen-bond donors (Lipinski definition) is 3. The van der Waals surface area contributed by atoms with Crippen molar-refractivity contribution < 1.29 is 21.4 Å². The molecule has 0 amide bonds. The normalized spacial score (nSPS) is 12.7. The summed E-state index contributed by atoms with van der Waals surface area (Å²) in [6, 6.07) is 27.2. The molecule has 11 heteroatoms. The molecule has 222 valence electrons. The van der Waals surface area contributed by atoms with E-state index in [0.717, 1.165) is 24.8 Å². The molecule has 0 saturated carbocycles. The summed E-state index contributed by atoms with van der Waals surface area (Å²) in [5, 5.41) is 0. The van der Waals surface area contributed by atoms with E-state index in [1.807, 2.05) is 30.3 Å². The minimum Gasteiger partial charge on any atom is -0.399 e. The molecule has 0 aliphatic carbocycles. The highest BCUT2D eigenvalue weighted by Gasteiger charge is 2.22. The van der Waals surface area contributed by atoms with Crippen molar-refractivity contribution in [3.63, 3.8) is 0 Å². The highest BCUT2D eigenvalue weighted by molar-refractivity contribution is 7.92. The molecule has 0 saturated heterocycles. The SMILES string of the molecule is CCCC(CCc1cccc2nc(NS(=O)(=O)c3ccc(N)cc3)c(-c3cccc(S(=O)(=O)O)c3)nc12)c1ccccc1. The second-order valence-electron chi connectivity index (χ2n) is 10.3. The van der Waals surface area contributed by atoms with Crippen LogP contribution in [-0.4, -0.2) is 31.4 Å². The van der Waals surface area contributed by atoms with Crippen molar-refractivity contribution in [2.75, 3.05) is 10.5 Å². The number of nitrogens with zero attached hydrogens (tertiary/aromatic N) is 2. The summed E-state index contributed by atoms with van der Waals surface area (Å²) in [6.45, 7) is 2.17. The summed E-state index contributed by atoms with van der Waals surface area (Å²) >= 11 is 0. The Kier molecular flexibility index (Phi) is 8.77. The highest BCUT2D eigenvalue weighted by atomic mass is 32.2. The van der Waals surface area contributed by atoms with Gasteiger partial charge >= 0.3 is 0 Å². The first-order chi connectivity index (χ1) is 20.5. The number of fused-ring (bicyclic) bond motifs is 1. The third kappa shape index (κ3) is 7.02. The molecule has 1 atom stereocenters. The number of hydrogen-bond acceptors (Lipinski definition) is 7. The van der Waals surface area contributed by atoms with Crippen LogP contribution in [0.3, 0.4) is 0 Å². The van der Waals surface area contributed by atoms with E-state index in [-0.39, 0.29) is 26.9 Å². The fourth-order valence-electron chi connectivity index (χ4n) is 5.13. The summed E-state index contributed by atoms with van der Waals surface area (Å²) in [4.78, 5) is 9.16. The van der Waals surface area contributed by atoms with Gasteiger partial charge < -0.3 is 5.73 Å². The molecule has 4 aromatic carbocycles. The van der Waals surface area contributed by atoms with Gasteiger partial charge in [-0.3, -0.25) is 9.27 Å². The Labute approximate surface area is 251 Å². The fourth-order valence-corrected chi connectivity index (χ4v) is 6.66. The Hall–Kier alpha value is -4.32. The predicted molar refractivity (Wildman–Crippen MR) is 169 cm³/mol. The number of sulfonamides is 1. The Morgan fingerprint density at radius 1 is 0.814 bits per heavy atom. The predicted octanol–water partition coefficient (Wildman–Crippen LogP) is 6.44. The van der Waals surface area contributed by atoms with E-state index >= 15 is 0 Å². The van der Waals surface area contributed by atoms with Gasteiger partial charge in [0.05, 0.1) is 20.8 Å². The highest BCUT2D eigenvalue weighted by Crippen LogP contribution is 2.33. The van der Waals surface area contributed by atoms with E-state index in [2.05, 4.69) is 28.8 Å². The first-order valence-corrected chi connectivity index (χ1v) is 16.8. The molecule has 43 heavy (non-hydrogen) atoms. The Morgan fingerprint density at radius 2 is 1.53 bits per heavy atom. The third-order valence-electron chi connectivity index (χ3n) is 7.28. The largest absolute Gasteiger partial charge is 0.399 e. The molecule has 0 aliphatic heterocycles. The molecule has 0 fully saturated rings. The molecule has 0 bridgehead atoms. The first kappa shape index (κ1) is 30.1. The Morgan fingerprint density at radius 3 is 2.23 bits per heavy atom. The number of nitrogen functional groups attached to an aromatic ring is 1. The molecule has 0 spiro atoms. The van der Waals surface area contributed by atoms with Gasteiger partial charge in [-0.25, -0.2) is 18.4 Å². The molecule has 1 heterocycles. The van der Waals surface area contributed by atoms with Gasteiger partial charge in [0.1, 0.15) is 5.69 Å². The van der Waals surface area contributed by atoms with Crippen LogP contribution in [-0.2, 0) is 26.6 Å². The second kappa shape index (κ2) is 12.5. The Balaban J connectivity index is 1.61. The number of anilines is 2. The maximum atomic E-state index is 13.3. The quantitative estimate of drug-likeness (QED) is 0.113. The van der Waals surface area contributed by atoms with E-state index in [4.69, 9.17) is 10.7 Å². The minimum absolute atomic E-state index is 0.0298. The number of nitrogens with two attached hydrogens (primary N) is 1. The van der Waals surface area contributed by atoms with Crippen molar-refractivity contribution in [1.82, 2.24) is 9.97 Å². The molecule has 9 nitrogen and oxygen atoms in total. The molecular formula is C32H32N4O5S2. The number of benzene rings is 4. The molecular weight excluding hydrogens is 585 g/mol. The van der Waals surface area contributed by atoms with Crippen LogP contribution >= 0.6 is 0 Å². The van der Waals surface area contributed by atoms with Gasteiger partial charge in [0.2, 0.25) is 0 Å². The van der Waals surface area contributed by atoms with Crippen molar-refractivity contribution >= 4 is 42.7 Å². The lowest BCUT2D eigenvalue weighted by atomic mass is 9.88. The minimum atomic E-state index is -4.53. The second-order valence-corrected chi connectivity index (χ2v) is 13.4. The van der Waals surface area contributed by atoms with Gasteiger partial charge in [0.25, 0.3) is 20.1 Å². The standard InChI is InChI=1S/C32H32N4O5S2/c1-2-8-22(23-9-4-3-5-10-23)15-16-24-11-7-14-29-30(24)35-31(25-12-6-13-28(21-25)43(39,40)41)32(34-29)36-42(37,38)27-19-17-26(33)18-20-27/h3-7,9-14,17-22H,2,8,15-16,33H2,1H3,(H,34,36)(H,39,40,41). The van der Waals surface area contributed by atoms with Crippen LogP contribution in [0.4, 0.5) is 11.5 Å². The van der Waals surface area contributed by atoms with Crippen molar-refractivity contribution in [2.45, 2.75) is 48.3 Å². The molecule has 1 unspecified atom stereocenters. The smallest absolute Gasteiger partial charge is 0.294 e. The third-order valence-corrected chi connectivity index (χ3v) is 9.48. The maximum Gasteiger partial charge on any atom is 0.294 e. The van der Waals surface area contributed by atoms with Crippen LogP contribution in [0.25, 0.3) is 22.3 Å². The van der Waals surface area contributed by atoms with Crippen molar-refractivity contribution in [3.05, 3.63) is 108 Å². The number of aromatic nitrogens is 2. The lowest BCUT2D eigenvalue weighted by molar-refractivity contribution is 0.483. The molecule has 4 N–H and O–H groups in total. The molecule has 5 aromatic rings. The van der Waals surface area contributed by atoms with E-state index in [1.54, 1.807) is 12.1 Å². The molecule has 0 aliphatic rings. The van der Waals surface area contributed by atoms with Gasteiger partial charge in [0, 0.05) is 11.3 Å². The molecule has 5 rings (SSSR count). The summed E-state index contributed by atoms with van der Waals surface area (Å²) in [5.74, 6) is 0.272. The number of rotatable bonds is 11. The van der Waals surface area contributed by atoms with Crippen LogP contribution in [0.1, 0.15) is 43.2 Å². The van der Waals surface area contributed by atoms with Gasteiger partial charge in [0.15, 0.2) is 5.82 Å². The fraction of sp³-hybridized carbons (Fsp3) is 0.188. The zero-order valence-electron chi connectivity index (χ0n) is 23.5. The lowest BCUT2D eigenvalue weighted by Crippen LogP contribution is -2.15. The van der Waals surface area contributed by atoms with E-state index < -0.39 is 20.1 Å². The van der Waals surface area contributed by atoms with Gasteiger partial charge in [-0.1, -0.05) is 67.9 Å². The van der Waals surface area contributed by atoms with Crippen molar-refractivity contribution in [3.8, 4) is 11.3 Å². The average molecular weight is 617 g/mol.